The number of aromatic nitrogens is 1. The Kier molecular flexibility index (Phi) is 4.47. The van der Waals surface area contributed by atoms with E-state index in [1.54, 1.807) is 11.3 Å². The van der Waals surface area contributed by atoms with Crippen LogP contribution in [0.4, 0.5) is 0 Å². The fraction of sp³-hybridized carbons (Fsp3) is 0.750. The molecule has 0 saturated heterocycles. The summed E-state index contributed by atoms with van der Waals surface area (Å²) >= 11 is 1.73. The summed E-state index contributed by atoms with van der Waals surface area (Å²) in [5.74, 6) is 0. The molecule has 92 valence electrons. The van der Waals surface area contributed by atoms with Gasteiger partial charge in [-0.25, -0.2) is 4.98 Å². The number of hydrogen-bond donors (Lipinski definition) is 1. The van der Waals surface area contributed by atoms with Crippen molar-refractivity contribution in [3.63, 3.8) is 0 Å². The Hall–Kier alpha value is -0.450. The maximum Gasteiger partial charge on any atom is 0.0947 e. The average molecular weight is 242 g/mol. The van der Waals surface area contributed by atoms with Crippen LogP contribution in [0.5, 0.6) is 0 Å². The zero-order chi connectivity index (χ0) is 12.3. The van der Waals surface area contributed by atoms with Crippen LogP contribution >= 0.6 is 11.3 Å². The third kappa shape index (κ3) is 4.60. The zero-order valence-electron chi connectivity index (χ0n) is 10.8. The predicted octanol–water partition coefficient (Wildman–Crippen LogP) is 2.44. The van der Waals surface area contributed by atoms with Crippen molar-refractivity contribution in [1.82, 2.24) is 4.98 Å². The van der Waals surface area contributed by atoms with Gasteiger partial charge in [0.1, 0.15) is 0 Å². The highest BCUT2D eigenvalue weighted by Gasteiger charge is 2.14. The molecule has 4 heteroatoms. The number of hydrogen-bond acceptors (Lipinski definition) is 4. The van der Waals surface area contributed by atoms with Gasteiger partial charge in [-0.15, -0.1) is 11.3 Å². The maximum absolute atomic E-state index is 6.01. The van der Waals surface area contributed by atoms with Crippen LogP contribution in [-0.2, 0) is 11.2 Å². The van der Waals surface area contributed by atoms with Gasteiger partial charge in [0.05, 0.1) is 22.9 Å². The fourth-order valence-corrected chi connectivity index (χ4v) is 2.29. The number of thiazole rings is 1. The standard InChI is InChI=1S/C12H22N2OS/c1-8-9(2)16-11(14-8)6-10(13)7-15-12(3,4)5/h10H,6-7,13H2,1-5H3. The summed E-state index contributed by atoms with van der Waals surface area (Å²) in [6, 6.07) is 0.0316. The van der Waals surface area contributed by atoms with Gasteiger partial charge in [-0.3, -0.25) is 0 Å². The molecule has 0 amide bonds. The Labute approximate surface area is 102 Å². The molecular weight excluding hydrogens is 220 g/mol. The van der Waals surface area contributed by atoms with Crippen LogP contribution in [0.15, 0.2) is 0 Å². The molecule has 1 aromatic heterocycles. The van der Waals surface area contributed by atoms with Gasteiger partial charge in [-0.2, -0.15) is 0 Å². The summed E-state index contributed by atoms with van der Waals surface area (Å²) in [5, 5.41) is 1.11. The highest BCUT2D eigenvalue weighted by atomic mass is 32.1. The smallest absolute Gasteiger partial charge is 0.0947 e. The molecule has 0 aliphatic carbocycles. The first-order chi connectivity index (χ1) is 7.28. The summed E-state index contributed by atoms with van der Waals surface area (Å²) in [6.45, 7) is 10.8. The summed E-state index contributed by atoms with van der Waals surface area (Å²) in [5.41, 5.74) is 7.01. The lowest BCUT2D eigenvalue weighted by molar-refractivity contribution is -0.00983. The summed E-state index contributed by atoms with van der Waals surface area (Å²) in [7, 11) is 0. The molecule has 1 unspecified atom stereocenters. The molecule has 2 N–H and O–H groups in total. The molecule has 0 aliphatic rings. The Morgan fingerprint density at radius 2 is 2.00 bits per heavy atom. The largest absolute Gasteiger partial charge is 0.374 e. The molecule has 0 bridgehead atoms. The van der Waals surface area contributed by atoms with Crippen LogP contribution in [0.1, 0.15) is 36.3 Å². The van der Waals surface area contributed by atoms with E-state index in [1.807, 2.05) is 27.7 Å². The van der Waals surface area contributed by atoms with Gasteiger partial charge in [-0.1, -0.05) is 0 Å². The van der Waals surface area contributed by atoms with E-state index in [-0.39, 0.29) is 11.6 Å². The highest BCUT2D eigenvalue weighted by Crippen LogP contribution is 2.18. The van der Waals surface area contributed by atoms with Crippen molar-refractivity contribution >= 4 is 11.3 Å². The molecule has 1 rings (SSSR count). The van der Waals surface area contributed by atoms with Crippen molar-refractivity contribution in [2.45, 2.75) is 52.7 Å². The molecule has 0 saturated carbocycles. The van der Waals surface area contributed by atoms with Gasteiger partial charge in [0.25, 0.3) is 0 Å². The Bertz CT molecular complexity index is 322. The van der Waals surface area contributed by atoms with Crippen molar-refractivity contribution in [2.24, 2.45) is 5.73 Å². The van der Waals surface area contributed by atoms with Gasteiger partial charge < -0.3 is 10.5 Å². The lowest BCUT2D eigenvalue weighted by Gasteiger charge is -2.22. The summed E-state index contributed by atoms with van der Waals surface area (Å²) in [4.78, 5) is 5.75. The molecule has 3 nitrogen and oxygen atoms in total. The SMILES string of the molecule is Cc1nc(CC(N)COC(C)(C)C)sc1C. The Morgan fingerprint density at radius 3 is 2.44 bits per heavy atom. The quantitative estimate of drug-likeness (QED) is 0.882. The zero-order valence-corrected chi connectivity index (χ0v) is 11.6. The van der Waals surface area contributed by atoms with Crippen LogP contribution in [0.2, 0.25) is 0 Å². The second kappa shape index (κ2) is 5.25. The van der Waals surface area contributed by atoms with Crippen LogP contribution < -0.4 is 5.73 Å². The number of nitrogens with zero attached hydrogens (tertiary/aromatic N) is 1. The molecule has 0 radical (unpaired) electrons. The van der Waals surface area contributed by atoms with Gasteiger partial charge in [0.2, 0.25) is 0 Å². The first-order valence-corrected chi connectivity index (χ1v) is 6.42. The molecule has 0 spiro atoms. The lowest BCUT2D eigenvalue weighted by atomic mass is 10.2. The van der Waals surface area contributed by atoms with E-state index in [4.69, 9.17) is 10.5 Å². The van der Waals surface area contributed by atoms with E-state index < -0.39 is 0 Å². The molecular formula is C12H22N2OS. The van der Waals surface area contributed by atoms with E-state index in [2.05, 4.69) is 11.9 Å². The van der Waals surface area contributed by atoms with Crippen molar-refractivity contribution in [2.75, 3.05) is 6.61 Å². The van der Waals surface area contributed by atoms with E-state index in [9.17, 15) is 0 Å². The Morgan fingerprint density at radius 1 is 1.38 bits per heavy atom. The topological polar surface area (TPSA) is 48.1 Å². The lowest BCUT2D eigenvalue weighted by Crippen LogP contribution is -2.33. The van der Waals surface area contributed by atoms with Gasteiger partial charge >= 0.3 is 0 Å². The number of ether oxygens (including phenoxy) is 1. The second-order valence-electron chi connectivity index (χ2n) is 5.14. The van der Waals surface area contributed by atoms with E-state index in [1.165, 1.54) is 4.88 Å². The van der Waals surface area contributed by atoms with Gasteiger partial charge in [0.15, 0.2) is 0 Å². The molecule has 0 aromatic carbocycles. The first-order valence-electron chi connectivity index (χ1n) is 5.60. The van der Waals surface area contributed by atoms with Crippen LogP contribution in [0.3, 0.4) is 0 Å². The van der Waals surface area contributed by atoms with Crippen LogP contribution in [-0.4, -0.2) is 23.2 Å². The minimum Gasteiger partial charge on any atom is -0.374 e. The molecule has 1 heterocycles. The average Bonchev–Trinajstić information content (AvgIpc) is 2.41. The molecule has 0 aliphatic heterocycles. The van der Waals surface area contributed by atoms with Gasteiger partial charge in [0, 0.05) is 17.3 Å². The second-order valence-corrected chi connectivity index (χ2v) is 6.42. The summed E-state index contributed by atoms with van der Waals surface area (Å²) in [6.07, 6.45) is 0.801. The molecule has 0 fully saturated rings. The monoisotopic (exact) mass is 242 g/mol. The summed E-state index contributed by atoms with van der Waals surface area (Å²) < 4.78 is 5.65. The van der Waals surface area contributed by atoms with Crippen LogP contribution in [0.25, 0.3) is 0 Å². The van der Waals surface area contributed by atoms with Crippen molar-refractivity contribution in [3.05, 3.63) is 15.6 Å². The first kappa shape index (κ1) is 13.6. The third-order valence-corrected chi connectivity index (χ3v) is 3.34. The van der Waals surface area contributed by atoms with Crippen molar-refractivity contribution in [1.29, 1.82) is 0 Å². The van der Waals surface area contributed by atoms with Crippen molar-refractivity contribution in [3.8, 4) is 0 Å². The van der Waals surface area contributed by atoms with Gasteiger partial charge in [-0.05, 0) is 34.6 Å². The predicted molar refractivity (Wildman–Crippen MR) is 69.0 cm³/mol. The highest BCUT2D eigenvalue weighted by molar-refractivity contribution is 7.11. The van der Waals surface area contributed by atoms with E-state index >= 15 is 0 Å². The minimum atomic E-state index is -0.119. The molecule has 16 heavy (non-hydrogen) atoms. The van der Waals surface area contributed by atoms with Crippen LogP contribution in [0, 0.1) is 13.8 Å². The fourth-order valence-electron chi connectivity index (χ4n) is 1.27. The normalized spacial score (nSPS) is 14.1. The number of nitrogens with two attached hydrogens (primary N) is 1. The maximum atomic E-state index is 6.01. The number of aryl methyl sites for hydroxylation is 2. The third-order valence-electron chi connectivity index (χ3n) is 2.24. The Balaban J connectivity index is 2.42. The van der Waals surface area contributed by atoms with E-state index in [0.29, 0.717) is 6.61 Å². The minimum absolute atomic E-state index is 0.0316. The van der Waals surface area contributed by atoms with Crippen molar-refractivity contribution < 1.29 is 4.74 Å². The number of rotatable bonds is 4. The van der Waals surface area contributed by atoms with E-state index in [0.717, 1.165) is 17.1 Å². The molecule has 1 aromatic rings. The molecule has 1 atom stereocenters.